The molecule has 0 aliphatic rings. The van der Waals surface area contributed by atoms with Crippen LogP contribution in [-0.4, -0.2) is 20.1 Å². The van der Waals surface area contributed by atoms with Gasteiger partial charge in [0.25, 0.3) is 0 Å². The SMILES string of the molecule is CN(CCCNCc1cccc(Cl)c1)c1ccccc1. The summed E-state index contributed by atoms with van der Waals surface area (Å²) in [5.74, 6) is 0. The minimum Gasteiger partial charge on any atom is -0.375 e. The molecule has 0 unspecified atom stereocenters. The van der Waals surface area contributed by atoms with Crippen molar-refractivity contribution in [1.29, 1.82) is 0 Å². The van der Waals surface area contributed by atoms with E-state index in [-0.39, 0.29) is 0 Å². The van der Waals surface area contributed by atoms with E-state index >= 15 is 0 Å². The molecule has 0 aliphatic carbocycles. The number of rotatable bonds is 7. The smallest absolute Gasteiger partial charge is 0.0409 e. The lowest BCUT2D eigenvalue weighted by molar-refractivity contribution is 0.646. The number of nitrogens with zero attached hydrogens (tertiary/aromatic N) is 1. The van der Waals surface area contributed by atoms with E-state index in [2.05, 4.69) is 47.6 Å². The quantitative estimate of drug-likeness (QED) is 0.776. The van der Waals surface area contributed by atoms with Crippen molar-refractivity contribution in [1.82, 2.24) is 5.32 Å². The Balaban J connectivity index is 1.64. The van der Waals surface area contributed by atoms with Gasteiger partial charge in [-0.15, -0.1) is 0 Å². The van der Waals surface area contributed by atoms with Gasteiger partial charge >= 0.3 is 0 Å². The Morgan fingerprint density at radius 1 is 1.05 bits per heavy atom. The first-order valence-electron chi connectivity index (χ1n) is 6.97. The van der Waals surface area contributed by atoms with E-state index in [1.165, 1.54) is 11.3 Å². The summed E-state index contributed by atoms with van der Waals surface area (Å²) in [5.41, 5.74) is 2.50. The maximum atomic E-state index is 5.96. The number of nitrogens with one attached hydrogen (secondary N) is 1. The van der Waals surface area contributed by atoms with Crippen molar-refractivity contribution in [2.75, 3.05) is 25.0 Å². The van der Waals surface area contributed by atoms with Crippen LogP contribution in [0.15, 0.2) is 54.6 Å². The van der Waals surface area contributed by atoms with Crippen LogP contribution in [0, 0.1) is 0 Å². The molecule has 106 valence electrons. The summed E-state index contributed by atoms with van der Waals surface area (Å²) in [6.45, 7) is 2.92. The second-order valence-electron chi connectivity index (χ2n) is 4.92. The van der Waals surface area contributed by atoms with Crippen LogP contribution in [0.5, 0.6) is 0 Å². The first-order chi connectivity index (χ1) is 9.75. The van der Waals surface area contributed by atoms with Crippen LogP contribution in [0.25, 0.3) is 0 Å². The number of halogens is 1. The fourth-order valence-electron chi connectivity index (χ4n) is 2.13. The molecular formula is C17H21ClN2. The van der Waals surface area contributed by atoms with Gasteiger partial charge in [-0.05, 0) is 42.8 Å². The predicted molar refractivity (Wildman–Crippen MR) is 87.5 cm³/mol. The van der Waals surface area contributed by atoms with Crippen LogP contribution in [0.4, 0.5) is 5.69 Å². The molecule has 0 heterocycles. The minimum atomic E-state index is 0.799. The van der Waals surface area contributed by atoms with Gasteiger partial charge in [-0.25, -0.2) is 0 Å². The molecule has 0 spiro atoms. The minimum absolute atomic E-state index is 0.799. The van der Waals surface area contributed by atoms with Gasteiger partial charge in [0, 0.05) is 30.8 Å². The van der Waals surface area contributed by atoms with Crippen molar-refractivity contribution in [3.63, 3.8) is 0 Å². The molecule has 0 fully saturated rings. The Labute approximate surface area is 126 Å². The molecule has 0 bridgehead atoms. The number of benzene rings is 2. The van der Waals surface area contributed by atoms with E-state index in [0.717, 1.165) is 31.1 Å². The summed E-state index contributed by atoms with van der Waals surface area (Å²) in [6, 6.07) is 18.5. The fourth-order valence-corrected chi connectivity index (χ4v) is 2.35. The molecule has 0 saturated carbocycles. The molecule has 0 amide bonds. The lowest BCUT2D eigenvalue weighted by Gasteiger charge is -2.19. The van der Waals surface area contributed by atoms with E-state index in [1.807, 2.05) is 24.3 Å². The monoisotopic (exact) mass is 288 g/mol. The fraction of sp³-hybridized carbons (Fsp3) is 0.294. The molecule has 2 aromatic carbocycles. The van der Waals surface area contributed by atoms with Crippen molar-refractivity contribution in [2.45, 2.75) is 13.0 Å². The molecule has 2 rings (SSSR count). The predicted octanol–water partition coefficient (Wildman–Crippen LogP) is 3.96. The molecule has 0 atom stereocenters. The van der Waals surface area contributed by atoms with Gasteiger partial charge in [-0.3, -0.25) is 0 Å². The summed E-state index contributed by atoms with van der Waals surface area (Å²) in [4.78, 5) is 2.28. The van der Waals surface area contributed by atoms with Crippen molar-refractivity contribution >= 4 is 17.3 Å². The van der Waals surface area contributed by atoms with E-state index in [4.69, 9.17) is 11.6 Å². The van der Waals surface area contributed by atoms with Gasteiger partial charge < -0.3 is 10.2 Å². The molecule has 0 saturated heterocycles. The van der Waals surface area contributed by atoms with Crippen molar-refractivity contribution in [3.8, 4) is 0 Å². The second kappa shape index (κ2) is 7.93. The van der Waals surface area contributed by atoms with Crippen LogP contribution < -0.4 is 10.2 Å². The first kappa shape index (κ1) is 14.9. The Kier molecular flexibility index (Phi) is 5.90. The van der Waals surface area contributed by atoms with Gasteiger partial charge in [0.1, 0.15) is 0 Å². The Morgan fingerprint density at radius 2 is 1.85 bits per heavy atom. The average Bonchev–Trinajstić information content (AvgIpc) is 2.48. The molecule has 0 aromatic heterocycles. The van der Waals surface area contributed by atoms with Gasteiger partial charge in [0.2, 0.25) is 0 Å². The topological polar surface area (TPSA) is 15.3 Å². The van der Waals surface area contributed by atoms with Crippen LogP contribution in [0.3, 0.4) is 0 Å². The first-order valence-corrected chi connectivity index (χ1v) is 7.35. The van der Waals surface area contributed by atoms with E-state index in [1.54, 1.807) is 0 Å². The third-order valence-corrected chi connectivity index (χ3v) is 3.50. The van der Waals surface area contributed by atoms with Crippen molar-refractivity contribution in [2.24, 2.45) is 0 Å². The Bertz CT molecular complexity index is 513. The molecular weight excluding hydrogens is 268 g/mol. The lowest BCUT2D eigenvalue weighted by atomic mass is 10.2. The average molecular weight is 289 g/mol. The Morgan fingerprint density at radius 3 is 2.60 bits per heavy atom. The summed E-state index contributed by atoms with van der Waals surface area (Å²) in [6.07, 6.45) is 1.12. The molecule has 2 nitrogen and oxygen atoms in total. The normalized spacial score (nSPS) is 10.5. The van der Waals surface area contributed by atoms with Crippen molar-refractivity contribution in [3.05, 3.63) is 65.2 Å². The van der Waals surface area contributed by atoms with E-state index in [0.29, 0.717) is 0 Å². The number of hydrogen-bond acceptors (Lipinski definition) is 2. The molecule has 2 aromatic rings. The van der Waals surface area contributed by atoms with E-state index < -0.39 is 0 Å². The number of anilines is 1. The zero-order valence-electron chi connectivity index (χ0n) is 11.8. The van der Waals surface area contributed by atoms with Gasteiger partial charge in [-0.1, -0.05) is 41.9 Å². The van der Waals surface area contributed by atoms with Gasteiger partial charge in [0.05, 0.1) is 0 Å². The molecule has 0 aliphatic heterocycles. The van der Waals surface area contributed by atoms with Crippen LogP contribution >= 0.6 is 11.6 Å². The standard InChI is InChI=1S/C17H21ClN2/c1-20(17-9-3-2-4-10-17)12-6-11-19-14-15-7-5-8-16(18)13-15/h2-5,7-10,13,19H,6,11-12,14H2,1H3. The highest BCUT2D eigenvalue weighted by atomic mass is 35.5. The van der Waals surface area contributed by atoms with Gasteiger partial charge in [0.15, 0.2) is 0 Å². The molecule has 20 heavy (non-hydrogen) atoms. The number of hydrogen-bond donors (Lipinski definition) is 1. The third kappa shape index (κ3) is 4.87. The highest BCUT2D eigenvalue weighted by molar-refractivity contribution is 6.30. The summed E-state index contributed by atoms with van der Waals surface area (Å²) >= 11 is 5.96. The van der Waals surface area contributed by atoms with Crippen LogP contribution in [-0.2, 0) is 6.54 Å². The zero-order chi connectivity index (χ0) is 14.2. The highest BCUT2D eigenvalue weighted by Gasteiger charge is 1.99. The third-order valence-electron chi connectivity index (χ3n) is 3.26. The zero-order valence-corrected chi connectivity index (χ0v) is 12.6. The molecule has 0 radical (unpaired) electrons. The summed E-state index contributed by atoms with van der Waals surface area (Å²) < 4.78 is 0. The summed E-state index contributed by atoms with van der Waals surface area (Å²) in [5, 5.41) is 4.25. The molecule has 3 heteroatoms. The summed E-state index contributed by atoms with van der Waals surface area (Å²) in [7, 11) is 2.13. The van der Waals surface area contributed by atoms with Crippen LogP contribution in [0.1, 0.15) is 12.0 Å². The largest absolute Gasteiger partial charge is 0.375 e. The van der Waals surface area contributed by atoms with E-state index in [9.17, 15) is 0 Å². The lowest BCUT2D eigenvalue weighted by Crippen LogP contribution is -2.23. The maximum absolute atomic E-state index is 5.96. The second-order valence-corrected chi connectivity index (χ2v) is 5.35. The maximum Gasteiger partial charge on any atom is 0.0409 e. The van der Waals surface area contributed by atoms with Gasteiger partial charge in [-0.2, -0.15) is 0 Å². The Hall–Kier alpha value is -1.51. The highest BCUT2D eigenvalue weighted by Crippen LogP contribution is 2.11. The number of para-hydroxylation sites is 1. The van der Waals surface area contributed by atoms with Crippen LogP contribution in [0.2, 0.25) is 5.02 Å². The molecule has 1 N–H and O–H groups in total. The van der Waals surface area contributed by atoms with Crippen molar-refractivity contribution < 1.29 is 0 Å².